The van der Waals surface area contributed by atoms with Gasteiger partial charge in [-0.2, -0.15) is 0 Å². The van der Waals surface area contributed by atoms with Gasteiger partial charge in [-0.1, -0.05) is 12.1 Å². The predicted molar refractivity (Wildman–Crippen MR) is 120 cm³/mol. The minimum Gasteiger partial charge on any atom is -0.497 e. The zero-order valence-corrected chi connectivity index (χ0v) is 17.3. The van der Waals surface area contributed by atoms with E-state index in [1.807, 2.05) is 66.7 Å². The third-order valence-electron chi connectivity index (χ3n) is 5.58. The molecule has 156 valence electrons. The standard InChI is InChI=1S/C25H22N2O4/c1-29-19-11-8-18(9-12-19)27-24(26-22-6-4-3-5-21(22)25(27)28)17-13-16-7-10-20(30-2)14-23(16)31-15-17/h3-14,24,26H,15H2,1-2H3. The maximum absolute atomic E-state index is 13.5. The molecule has 1 amide bonds. The number of ether oxygens (including phenoxy) is 3. The van der Waals surface area contributed by atoms with Gasteiger partial charge >= 0.3 is 0 Å². The van der Waals surface area contributed by atoms with E-state index in [1.165, 1.54) is 0 Å². The molecule has 3 aromatic rings. The fraction of sp³-hybridized carbons (Fsp3) is 0.160. The Morgan fingerprint density at radius 1 is 0.968 bits per heavy atom. The van der Waals surface area contributed by atoms with Crippen molar-refractivity contribution < 1.29 is 19.0 Å². The van der Waals surface area contributed by atoms with Crippen LogP contribution in [-0.4, -0.2) is 32.9 Å². The third kappa shape index (κ3) is 3.36. The van der Waals surface area contributed by atoms with Crippen LogP contribution in [0.1, 0.15) is 15.9 Å². The van der Waals surface area contributed by atoms with Crippen molar-refractivity contribution in [3.8, 4) is 17.2 Å². The highest BCUT2D eigenvalue weighted by molar-refractivity contribution is 6.12. The summed E-state index contributed by atoms with van der Waals surface area (Å²) in [6.45, 7) is 0.361. The number of nitrogens with zero attached hydrogens (tertiary/aromatic N) is 1. The second-order valence-corrected chi connectivity index (χ2v) is 7.38. The molecule has 6 heteroatoms. The van der Waals surface area contributed by atoms with E-state index in [-0.39, 0.29) is 12.1 Å². The monoisotopic (exact) mass is 414 g/mol. The Hall–Kier alpha value is -3.93. The first-order valence-electron chi connectivity index (χ1n) is 10.0. The number of hydrogen-bond acceptors (Lipinski definition) is 5. The van der Waals surface area contributed by atoms with Crippen molar-refractivity contribution in [2.24, 2.45) is 0 Å². The summed E-state index contributed by atoms with van der Waals surface area (Å²) in [5, 5.41) is 3.53. The van der Waals surface area contributed by atoms with E-state index in [0.29, 0.717) is 12.2 Å². The largest absolute Gasteiger partial charge is 0.497 e. The van der Waals surface area contributed by atoms with Crippen LogP contribution in [0, 0.1) is 0 Å². The maximum Gasteiger partial charge on any atom is 0.262 e. The number of rotatable bonds is 4. The highest BCUT2D eigenvalue weighted by Gasteiger charge is 2.36. The highest BCUT2D eigenvalue weighted by Crippen LogP contribution is 2.37. The summed E-state index contributed by atoms with van der Waals surface area (Å²) in [6.07, 6.45) is 1.69. The first kappa shape index (κ1) is 19.1. The van der Waals surface area contributed by atoms with E-state index >= 15 is 0 Å². The minimum absolute atomic E-state index is 0.0639. The van der Waals surface area contributed by atoms with E-state index in [4.69, 9.17) is 14.2 Å². The molecule has 0 saturated carbocycles. The molecule has 5 rings (SSSR count). The number of fused-ring (bicyclic) bond motifs is 2. The Morgan fingerprint density at radius 2 is 1.71 bits per heavy atom. The fourth-order valence-corrected chi connectivity index (χ4v) is 3.97. The van der Waals surface area contributed by atoms with Gasteiger partial charge in [-0.25, -0.2) is 0 Å². The zero-order chi connectivity index (χ0) is 21.4. The van der Waals surface area contributed by atoms with Gasteiger partial charge in [-0.3, -0.25) is 9.69 Å². The van der Waals surface area contributed by atoms with E-state index < -0.39 is 0 Å². The number of methoxy groups -OCH3 is 2. The van der Waals surface area contributed by atoms with Gasteiger partial charge < -0.3 is 19.5 Å². The second kappa shape index (κ2) is 7.72. The van der Waals surface area contributed by atoms with Gasteiger partial charge in [0.05, 0.1) is 19.8 Å². The first-order chi connectivity index (χ1) is 15.2. The van der Waals surface area contributed by atoms with Crippen LogP contribution in [0.4, 0.5) is 11.4 Å². The number of carbonyl (C=O) groups is 1. The predicted octanol–water partition coefficient (Wildman–Crippen LogP) is 4.58. The van der Waals surface area contributed by atoms with Crippen molar-refractivity contribution in [1.82, 2.24) is 0 Å². The molecule has 1 N–H and O–H groups in total. The molecule has 6 nitrogen and oxygen atoms in total. The lowest BCUT2D eigenvalue weighted by Gasteiger charge is -2.40. The summed E-state index contributed by atoms with van der Waals surface area (Å²) in [4.78, 5) is 15.3. The molecule has 0 radical (unpaired) electrons. The lowest BCUT2D eigenvalue weighted by atomic mass is 9.99. The fourth-order valence-electron chi connectivity index (χ4n) is 3.97. The van der Waals surface area contributed by atoms with Gasteiger partial charge in [0.1, 0.15) is 30.0 Å². The molecule has 0 aromatic heterocycles. The topological polar surface area (TPSA) is 60.0 Å². The van der Waals surface area contributed by atoms with Crippen LogP contribution >= 0.6 is 0 Å². The number of amides is 1. The maximum atomic E-state index is 13.5. The molecule has 2 heterocycles. The summed E-state index contributed by atoms with van der Waals surface area (Å²) in [7, 11) is 3.26. The Bertz CT molecular complexity index is 1170. The van der Waals surface area contributed by atoms with Crippen molar-refractivity contribution in [3.63, 3.8) is 0 Å². The molecule has 0 bridgehead atoms. The average Bonchev–Trinajstić information content (AvgIpc) is 2.83. The number of benzene rings is 3. The molecular formula is C25H22N2O4. The van der Waals surface area contributed by atoms with Crippen LogP contribution in [-0.2, 0) is 0 Å². The van der Waals surface area contributed by atoms with Crippen molar-refractivity contribution in [3.05, 3.63) is 83.4 Å². The van der Waals surface area contributed by atoms with Gasteiger partial charge in [0, 0.05) is 28.6 Å². The third-order valence-corrected chi connectivity index (χ3v) is 5.58. The highest BCUT2D eigenvalue weighted by atomic mass is 16.5. The van der Waals surface area contributed by atoms with Gasteiger partial charge in [-0.15, -0.1) is 0 Å². The van der Waals surface area contributed by atoms with Crippen LogP contribution in [0.2, 0.25) is 0 Å². The van der Waals surface area contributed by atoms with E-state index in [0.717, 1.165) is 39.8 Å². The minimum atomic E-state index is -0.383. The van der Waals surface area contributed by atoms with Crippen LogP contribution in [0.3, 0.4) is 0 Å². The first-order valence-corrected chi connectivity index (χ1v) is 10.0. The van der Waals surface area contributed by atoms with E-state index in [9.17, 15) is 4.79 Å². The van der Waals surface area contributed by atoms with Gasteiger partial charge in [0.15, 0.2) is 0 Å². The average molecular weight is 414 g/mol. The van der Waals surface area contributed by atoms with Crippen molar-refractivity contribution in [1.29, 1.82) is 0 Å². The molecule has 1 atom stereocenters. The van der Waals surface area contributed by atoms with E-state index in [1.54, 1.807) is 19.1 Å². The van der Waals surface area contributed by atoms with E-state index in [2.05, 4.69) is 11.4 Å². The summed E-state index contributed by atoms with van der Waals surface area (Å²) in [6, 6.07) is 20.8. The SMILES string of the molecule is COc1ccc(N2C(=O)c3ccccc3NC2C2=Cc3ccc(OC)cc3OC2)cc1. The molecular weight excluding hydrogens is 392 g/mol. The Labute approximate surface area is 180 Å². The van der Waals surface area contributed by atoms with Crippen molar-refractivity contribution >= 4 is 23.4 Å². The number of para-hydroxylation sites is 1. The molecule has 0 aliphatic carbocycles. The lowest BCUT2D eigenvalue weighted by Crippen LogP contribution is -2.51. The van der Waals surface area contributed by atoms with Crippen LogP contribution < -0.4 is 24.4 Å². The van der Waals surface area contributed by atoms with Crippen LogP contribution in [0.15, 0.2) is 72.3 Å². The molecule has 3 aromatic carbocycles. The normalized spacial score (nSPS) is 17.0. The number of nitrogens with one attached hydrogen (secondary N) is 1. The Balaban J connectivity index is 1.58. The van der Waals surface area contributed by atoms with Gasteiger partial charge in [0.2, 0.25) is 0 Å². The number of anilines is 2. The van der Waals surface area contributed by atoms with Gasteiger partial charge in [0.25, 0.3) is 5.91 Å². The summed E-state index contributed by atoms with van der Waals surface area (Å²) in [5.41, 5.74) is 4.13. The molecule has 0 fully saturated rings. The van der Waals surface area contributed by atoms with Crippen LogP contribution in [0.25, 0.3) is 6.08 Å². The Kier molecular flexibility index (Phi) is 4.75. The summed E-state index contributed by atoms with van der Waals surface area (Å²) >= 11 is 0. The number of hydrogen-bond donors (Lipinski definition) is 1. The van der Waals surface area contributed by atoms with Crippen LogP contribution in [0.5, 0.6) is 17.2 Å². The summed E-state index contributed by atoms with van der Waals surface area (Å²) < 4.78 is 16.6. The lowest BCUT2D eigenvalue weighted by molar-refractivity contribution is 0.0977. The summed E-state index contributed by atoms with van der Waals surface area (Å²) in [5.74, 6) is 2.18. The van der Waals surface area contributed by atoms with Crippen molar-refractivity contribution in [2.45, 2.75) is 6.17 Å². The molecule has 0 saturated heterocycles. The second-order valence-electron chi connectivity index (χ2n) is 7.38. The molecule has 0 spiro atoms. The Morgan fingerprint density at radius 3 is 2.48 bits per heavy atom. The van der Waals surface area contributed by atoms with Crippen molar-refractivity contribution in [2.75, 3.05) is 31.0 Å². The zero-order valence-electron chi connectivity index (χ0n) is 17.3. The smallest absolute Gasteiger partial charge is 0.262 e. The number of carbonyl (C=O) groups excluding carboxylic acids is 1. The van der Waals surface area contributed by atoms with Gasteiger partial charge in [-0.05, 0) is 54.6 Å². The molecule has 2 aliphatic heterocycles. The quantitative estimate of drug-likeness (QED) is 0.677. The molecule has 2 aliphatic rings. The molecule has 1 unspecified atom stereocenters. The molecule has 31 heavy (non-hydrogen) atoms.